The molecule has 1 aliphatic rings. The Hall–Kier alpha value is -2.04. The summed E-state index contributed by atoms with van der Waals surface area (Å²) in [7, 11) is 1.97. The minimum Gasteiger partial charge on any atom is -0.489 e. The van der Waals surface area contributed by atoms with Gasteiger partial charge in [0.15, 0.2) is 0 Å². The number of ether oxygens (including phenoxy) is 1. The average molecular weight is 375 g/mol. The van der Waals surface area contributed by atoms with Crippen molar-refractivity contribution in [1.29, 1.82) is 0 Å². The number of rotatable bonds is 6. The molecule has 1 atom stereocenters. The normalized spacial score (nSPS) is 16.7. The Bertz CT molecular complexity index is 691. The van der Waals surface area contributed by atoms with Crippen molar-refractivity contribution in [2.75, 3.05) is 26.7 Å². The van der Waals surface area contributed by atoms with Gasteiger partial charge in [0.1, 0.15) is 12.4 Å². The molecule has 2 aromatic carbocycles. The zero-order valence-corrected chi connectivity index (χ0v) is 16.0. The van der Waals surface area contributed by atoms with E-state index in [1.807, 2.05) is 66.5 Å². The lowest BCUT2D eigenvalue weighted by molar-refractivity contribution is 0.0674. The van der Waals surface area contributed by atoms with Crippen LogP contribution < -0.4 is 10.1 Å². The van der Waals surface area contributed by atoms with Crippen molar-refractivity contribution in [2.45, 2.75) is 19.4 Å². The van der Waals surface area contributed by atoms with Gasteiger partial charge in [-0.25, -0.2) is 0 Å². The summed E-state index contributed by atoms with van der Waals surface area (Å²) < 4.78 is 5.85. The van der Waals surface area contributed by atoms with E-state index in [1.165, 1.54) is 6.42 Å². The Morgan fingerprint density at radius 3 is 2.77 bits per heavy atom. The van der Waals surface area contributed by atoms with Crippen LogP contribution in [-0.2, 0) is 6.61 Å². The average Bonchev–Trinajstić information content (AvgIpc) is 2.67. The summed E-state index contributed by atoms with van der Waals surface area (Å²) in [6, 6.07) is 17.6. The minimum atomic E-state index is 0. The highest BCUT2D eigenvalue weighted by atomic mass is 35.5. The van der Waals surface area contributed by atoms with Gasteiger partial charge >= 0.3 is 0 Å². The summed E-state index contributed by atoms with van der Waals surface area (Å²) in [5, 5.41) is 3.22. The molecule has 1 saturated heterocycles. The van der Waals surface area contributed by atoms with Crippen LogP contribution >= 0.6 is 12.4 Å². The van der Waals surface area contributed by atoms with Crippen LogP contribution in [0.15, 0.2) is 54.6 Å². The lowest BCUT2D eigenvalue weighted by atomic mass is 9.97. The summed E-state index contributed by atoms with van der Waals surface area (Å²) >= 11 is 0. The standard InChI is InChI=1S/C21H26N2O2.ClH/c1-22-14-18-9-6-12-23(15-18)21(24)19-10-5-11-20(13-19)25-16-17-7-3-2-4-8-17;/h2-5,7-8,10-11,13,18,22H,6,9,12,14-16H2,1H3;1H. The summed E-state index contributed by atoms with van der Waals surface area (Å²) in [5.74, 6) is 1.38. The molecule has 1 fully saturated rings. The smallest absolute Gasteiger partial charge is 0.253 e. The second kappa shape index (κ2) is 10.2. The maximum atomic E-state index is 12.8. The summed E-state index contributed by atoms with van der Waals surface area (Å²) in [4.78, 5) is 14.8. The van der Waals surface area contributed by atoms with Crippen molar-refractivity contribution in [3.05, 3.63) is 65.7 Å². The molecule has 1 N–H and O–H groups in total. The molecule has 1 aliphatic heterocycles. The van der Waals surface area contributed by atoms with Gasteiger partial charge in [0, 0.05) is 18.7 Å². The van der Waals surface area contributed by atoms with E-state index in [2.05, 4.69) is 5.32 Å². The molecule has 140 valence electrons. The molecule has 0 radical (unpaired) electrons. The van der Waals surface area contributed by atoms with Gasteiger partial charge in [0.25, 0.3) is 5.91 Å². The molecular weight excluding hydrogens is 348 g/mol. The third-order valence-corrected chi connectivity index (χ3v) is 4.63. The van der Waals surface area contributed by atoms with Crippen molar-refractivity contribution in [3.8, 4) is 5.75 Å². The van der Waals surface area contributed by atoms with Crippen LogP contribution in [0.3, 0.4) is 0 Å². The first-order valence-corrected chi connectivity index (χ1v) is 8.97. The third-order valence-electron chi connectivity index (χ3n) is 4.63. The van der Waals surface area contributed by atoms with Gasteiger partial charge in [-0.1, -0.05) is 36.4 Å². The maximum Gasteiger partial charge on any atom is 0.253 e. The minimum absolute atomic E-state index is 0. The zero-order valence-electron chi connectivity index (χ0n) is 15.2. The fraction of sp³-hybridized carbons (Fsp3) is 0.381. The van der Waals surface area contributed by atoms with Gasteiger partial charge < -0.3 is 15.0 Å². The summed E-state index contributed by atoms with van der Waals surface area (Å²) in [6.45, 7) is 3.14. The molecule has 0 aromatic heterocycles. The number of piperidine rings is 1. The van der Waals surface area contributed by atoms with E-state index in [-0.39, 0.29) is 18.3 Å². The second-order valence-corrected chi connectivity index (χ2v) is 6.62. The number of hydrogen-bond acceptors (Lipinski definition) is 3. The van der Waals surface area contributed by atoms with E-state index in [1.54, 1.807) is 0 Å². The lowest BCUT2D eigenvalue weighted by Gasteiger charge is -2.32. The van der Waals surface area contributed by atoms with E-state index in [9.17, 15) is 4.79 Å². The molecule has 0 bridgehead atoms. The molecule has 5 heteroatoms. The van der Waals surface area contributed by atoms with E-state index in [4.69, 9.17) is 4.74 Å². The van der Waals surface area contributed by atoms with Gasteiger partial charge in [-0.05, 0) is 56.1 Å². The number of benzene rings is 2. The Morgan fingerprint density at radius 2 is 2.00 bits per heavy atom. The molecule has 1 unspecified atom stereocenters. The maximum absolute atomic E-state index is 12.8. The molecule has 2 aromatic rings. The van der Waals surface area contributed by atoms with E-state index < -0.39 is 0 Å². The van der Waals surface area contributed by atoms with Crippen LogP contribution in [0.25, 0.3) is 0 Å². The molecule has 0 spiro atoms. The van der Waals surface area contributed by atoms with Crippen LogP contribution in [0.5, 0.6) is 5.75 Å². The highest BCUT2D eigenvalue weighted by Crippen LogP contribution is 2.21. The van der Waals surface area contributed by atoms with Crippen molar-refractivity contribution in [1.82, 2.24) is 10.2 Å². The van der Waals surface area contributed by atoms with Gasteiger partial charge in [-0.3, -0.25) is 4.79 Å². The Balaban J connectivity index is 0.00000243. The molecule has 26 heavy (non-hydrogen) atoms. The Morgan fingerprint density at radius 1 is 1.19 bits per heavy atom. The molecule has 4 nitrogen and oxygen atoms in total. The number of amides is 1. The van der Waals surface area contributed by atoms with E-state index in [0.29, 0.717) is 18.1 Å². The van der Waals surface area contributed by atoms with Gasteiger partial charge in [-0.2, -0.15) is 0 Å². The van der Waals surface area contributed by atoms with Gasteiger partial charge in [-0.15, -0.1) is 12.4 Å². The highest BCUT2D eigenvalue weighted by Gasteiger charge is 2.24. The zero-order chi connectivity index (χ0) is 17.5. The number of likely N-dealkylation sites (tertiary alicyclic amines) is 1. The van der Waals surface area contributed by atoms with Gasteiger partial charge in [0.05, 0.1) is 0 Å². The summed E-state index contributed by atoms with van der Waals surface area (Å²) in [5.41, 5.74) is 1.82. The number of nitrogens with one attached hydrogen (secondary N) is 1. The van der Waals surface area contributed by atoms with Crippen molar-refractivity contribution >= 4 is 18.3 Å². The highest BCUT2D eigenvalue weighted by molar-refractivity contribution is 5.94. The number of carbonyl (C=O) groups is 1. The van der Waals surface area contributed by atoms with E-state index in [0.717, 1.165) is 37.4 Å². The first-order chi connectivity index (χ1) is 12.3. The van der Waals surface area contributed by atoms with Crippen molar-refractivity contribution in [2.24, 2.45) is 5.92 Å². The largest absolute Gasteiger partial charge is 0.489 e. The first-order valence-electron chi connectivity index (χ1n) is 8.97. The molecular formula is C21H27ClN2O2. The van der Waals surface area contributed by atoms with Crippen LogP contribution in [0.2, 0.25) is 0 Å². The van der Waals surface area contributed by atoms with Crippen LogP contribution in [0, 0.1) is 5.92 Å². The number of hydrogen-bond donors (Lipinski definition) is 1. The van der Waals surface area contributed by atoms with Gasteiger partial charge in [0.2, 0.25) is 0 Å². The SMILES string of the molecule is CNCC1CCCN(C(=O)c2cccc(OCc3ccccc3)c2)C1.Cl. The molecule has 1 amide bonds. The van der Waals surface area contributed by atoms with Crippen LogP contribution in [0.1, 0.15) is 28.8 Å². The molecule has 0 aliphatic carbocycles. The number of nitrogens with zero attached hydrogens (tertiary/aromatic N) is 1. The lowest BCUT2D eigenvalue weighted by Crippen LogP contribution is -2.42. The second-order valence-electron chi connectivity index (χ2n) is 6.62. The predicted octanol–water partition coefficient (Wildman–Crippen LogP) is 3.76. The molecule has 0 saturated carbocycles. The number of carbonyl (C=O) groups excluding carboxylic acids is 1. The Kier molecular flexibility index (Phi) is 7.95. The number of halogens is 1. The monoisotopic (exact) mass is 374 g/mol. The predicted molar refractivity (Wildman–Crippen MR) is 107 cm³/mol. The quantitative estimate of drug-likeness (QED) is 0.837. The molecule has 3 rings (SSSR count). The Labute approximate surface area is 162 Å². The van der Waals surface area contributed by atoms with Crippen LogP contribution in [0.4, 0.5) is 0 Å². The third kappa shape index (κ3) is 5.48. The van der Waals surface area contributed by atoms with E-state index >= 15 is 0 Å². The molecule has 1 heterocycles. The first kappa shape index (κ1) is 20.3. The van der Waals surface area contributed by atoms with Crippen molar-refractivity contribution in [3.63, 3.8) is 0 Å². The van der Waals surface area contributed by atoms with Crippen molar-refractivity contribution < 1.29 is 9.53 Å². The fourth-order valence-corrected chi connectivity index (χ4v) is 3.35. The topological polar surface area (TPSA) is 41.6 Å². The fourth-order valence-electron chi connectivity index (χ4n) is 3.35. The van der Waals surface area contributed by atoms with Crippen LogP contribution in [-0.4, -0.2) is 37.5 Å². The summed E-state index contributed by atoms with van der Waals surface area (Å²) in [6.07, 6.45) is 2.26.